The predicted octanol–water partition coefficient (Wildman–Crippen LogP) is 2.81. The Kier molecular flexibility index (Phi) is 5.42. The zero-order chi connectivity index (χ0) is 12.8. The molecule has 0 heterocycles. The molecular weight excluding hydrogens is 215 g/mol. The second-order valence-electron chi connectivity index (χ2n) is 4.68. The minimum atomic E-state index is -0.151. The van der Waals surface area contributed by atoms with Crippen LogP contribution in [0.1, 0.15) is 25.8 Å². The summed E-state index contributed by atoms with van der Waals surface area (Å²) in [7, 11) is 1.95. The molecule has 1 aromatic carbocycles. The summed E-state index contributed by atoms with van der Waals surface area (Å²) in [4.78, 5) is 2.01. The number of para-hydroxylation sites is 1. The fourth-order valence-electron chi connectivity index (χ4n) is 2.03. The lowest BCUT2D eigenvalue weighted by molar-refractivity contribution is 0.548. The molecule has 2 N–H and O–H groups in total. The maximum absolute atomic E-state index is 13.9. The van der Waals surface area contributed by atoms with Gasteiger partial charge >= 0.3 is 0 Å². The van der Waals surface area contributed by atoms with Gasteiger partial charge in [-0.25, -0.2) is 4.39 Å². The highest BCUT2D eigenvalue weighted by Crippen LogP contribution is 2.24. The molecule has 3 heteroatoms. The largest absolute Gasteiger partial charge is 0.372 e. The van der Waals surface area contributed by atoms with Gasteiger partial charge in [-0.2, -0.15) is 0 Å². The van der Waals surface area contributed by atoms with Crippen molar-refractivity contribution in [2.45, 2.75) is 26.7 Å². The summed E-state index contributed by atoms with van der Waals surface area (Å²) >= 11 is 0. The number of benzene rings is 1. The van der Waals surface area contributed by atoms with Crippen LogP contribution in [0.4, 0.5) is 10.1 Å². The number of hydrogen-bond acceptors (Lipinski definition) is 2. The Morgan fingerprint density at radius 1 is 1.41 bits per heavy atom. The summed E-state index contributed by atoms with van der Waals surface area (Å²) in [6.07, 6.45) is 1.82. The third-order valence-corrected chi connectivity index (χ3v) is 3.15. The van der Waals surface area contributed by atoms with E-state index in [2.05, 4.69) is 13.8 Å². The highest BCUT2D eigenvalue weighted by molar-refractivity contribution is 5.54. The maximum Gasteiger partial charge on any atom is 0.146 e. The first kappa shape index (κ1) is 14.0. The molecule has 0 radical (unpaired) electrons. The molecule has 0 aliphatic carbocycles. The van der Waals surface area contributed by atoms with E-state index < -0.39 is 0 Å². The summed E-state index contributed by atoms with van der Waals surface area (Å²) < 4.78 is 13.9. The SMILES string of the molecule is CCC(C)CN(C)c1c(F)cccc1CCN. The zero-order valence-electron chi connectivity index (χ0n) is 11.0. The van der Waals surface area contributed by atoms with Crippen LogP contribution in [0.15, 0.2) is 18.2 Å². The van der Waals surface area contributed by atoms with Gasteiger partial charge in [-0.15, -0.1) is 0 Å². The number of anilines is 1. The zero-order valence-corrected chi connectivity index (χ0v) is 11.0. The van der Waals surface area contributed by atoms with Gasteiger partial charge in [0.1, 0.15) is 5.82 Å². The molecule has 0 saturated carbocycles. The van der Waals surface area contributed by atoms with Gasteiger partial charge < -0.3 is 10.6 Å². The second-order valence-corrected chi connectivity index (χ2v) is 4.68. The molecule has 0 amide bonds. The Morgan fingerprint density at radius 2 is 2.12 bits per heavy atom. The number of hydrogen-bond donors (Lipinski definition) is 1. The van der Waals surface area contributed by atoms with Crippen LogP contribution in [0.3, 0.4) is 0 Å². The lowest BCUT2D eigenvalue weighted by Gasteiger charge is -2.25. The summed E-state index contributed by atoms with van der Waals surface area (Å²) in [6, 6.07) is 5.22. The van der Waals surface area contributed by atoms with Crippen molar-refractivity contribution < 1.29 is 4.39 Å². The summed E-state index contributed by atoms with van der Waals surface area (Å²) in [5, 5.41) is 0. The fraction of sp³-hybridized carbons (Fsp3) is 0.571. The average Bonchev–Trinajstić information content (AvgIpc) is 2.29. The molecule has 0 bridgehead atoms. The van der Waals surface area contributed by atoms with Gasteiger partial charge in [-0.1, -0.05) is 32.4 Å². The molecule has 1 rings (SSSR count). The molecule has 0 aliphatic heterocycles. The van der Waals surface area contributed by atoms with Crippen LogP contribution in [0.25, 0.3) is 0 Å². The maximum atomic E-state index is 13.9. The first-order chi connectivity index (χ1) is 8.10. The van der Waals surface area contributed by atoms with Crippen LogP contribution in [-0.4, -0.2) is 20.1 Å². The second kappa shape index (κ2) is 6.60. The minimum Gasteiger partial charge on any atom is -0.372 e. The fourth-order valence-corrected chi connectivity index (χ4v) is 2.03. The van der Waals surface area contributed by atoms with E-state index in [1.165, 1.54) is 6.07 Å². The smallest absolute Gasteiger partial charge is 0.146 e. The highest BCUT2D eigenvalue weighted by Gasteiger charge is 2.14. The Morgan fingerprint density at radius 3 is 2.71 bits per heavy atom. The van der Waals surface area contributed by atoms with E-state index in [0.717, 1.165) is 24.9 Å². The molecule has 0 fully saturated rings. The average molecular weight is 238 g/mol. The monoisotopic (exact) mass is 238 g/mol. The van der Waals surface area contributed by atoms with Crippen LogP contribution in [0.5, 0.6) is 0 Å². The third kappa shape index (κ3) is 3.70. The molecule has 17 heavy (non-hydrogen) atoms. The van der Waals surface area contributed by atoms with E-state index in [4.69, 9.17) is 5.73 Å². The van der Waals surface area contributed by atoms with Crippen molar-refractivity contribution in [1.29, 1.82) is 0 Å². The Labute approximate surface area is 104 Å². The van der Waals surface area contributed by atoms with Crippen LogP contribution in [0, 0.1) is 11.7 Å². The minimum absolute atomic E-state index is 0.151. The summed E-state index contributed by atoms with van der Waals surface area (Å²) in [5.41, 5.74) is 7.27. The van der Waals surface area contributed by atoms with Crippen molar-refractivity contribution in [2.75, 3.05) is 25.0 Å². The van der Waals surface area contributed by atoms with Crippen molar-refractivity contribution in [2.24, 2.45) is 11.7 Å². The van der Waals surface area contributed by atoms with Crippen LogP contribution in [-0.2, 0) is 6.42 Å². The molecule has 0 aromatic heterocycles. The molecule has 0 aliphatic rings. The molecule has 1 aromatic rings. The van der Waals surface area contributed by atoms with Gasteiger partial charge in [-0.3, -0.25) is 0 Å². The standard InChI is InChI=1S/C14H23FN2/c1-4-11(2)10-17(3)14-12(8-9-16)6-5-7-13(14)15/h5-7,11H,4,8-10,16H2,1-3H3. The number of halogens is 1. The van der Waals surface area contributed by atoms with Gasteiger partial charge in [0, 0.05) is 13.6 Å². The lowest BCUT2D eigenvalue weighted by atomic mass is 10.1. The highest BCUT2D eigenvalue weighted by atomic mass is 19.1. The van der Waals surface area contributed by atoms with Crippen molar-refractivity contribution in [3.8, 4) is 0 Å². The first-order valence-corrected chi connectivity index (χ1v) is 6.28. The van der Waals surface area contributed by atoms with E-state index in [-0.39, 0.29) is 5.82 Å². The molecule has 96 valence electrons. The van der Waals surface area contributed by atoms with Gasteiger partial charge in [0.25, 0.3) is 0 Å². The van der Waals surface area contributed by atoms with E-state index in [0.29, 0.717) is 18.2 Å². The number of rotatable bonds is 6. The molecule has 1 unspecified atom stereocenters. The quantitative estimate of drug-likeness (QED) is 0.825. The van der Waals surface area contributed by atoms with Crippen molar-refractivity contribution in [3.05, 3.63) is 29.6 Å². The van der Waals surface area contributed by atoms with Crippen molar-refractivity contribution in [1.82, 2.24) is 0 Å². The molecular formula is C14H23FN2. The van der Waals surface area contributed by atoms with Gasteiger partial charge in [-0.05, 0) is 30.5 Å². The molecule has 0 saturated heterocycles. The van der Waals surface area contributed by atoms with Crippen molar-refractivity contribution in [3.63, 3.8) is 0 Å². The Balaban J connectivity index is 2.93. The first-order valence-electron chi connectivity index (χ1n) is 6.28. The predicted molar refractivity (Wildman–Crippen MR) is 71.9 cm³/mol. The van der Waals surface area contributed by atoms with Crippen molar-refractivity contribution >= 4 is 5.69 Å². The normalized spacial score (nSPS) is 12.5. The van der Waals surface area contributed by atoms with Crippen LogP contribution in [0.2, 0.25) is 0 Å². The van der Waals surface area contributed by atoms with Gasteiger partial charge in [0.05, 0.1) is 5.69 Å². The van der Waals surface area contributed by atoms with Crippen LogP contribution >= 0.6 is 0 Å². The number of nitrogens with two attached hydrogens (primary N) is 1. The Bertz CT molecular complexity index is 352. The molecule has 0 spiro atoms. The molecule has 2 nitrogen and oxygen atoms in total. The Hall–Kier alpha value is -1.09. The van der Waals surface area contributed by atoms with E-state index in [1.54, 1.807) is 6.07 Å². The summed E-state index contributed by atoms with van der Waals surface area (Å²) in [5.74, 6) is 0.409. The van der Waals surface area contributed by atoms with E-state index in [1.807, 2.05) is 18.0 Å². The van der Waals surface area contributed by atoms with Crippen LogP contribution < -0.4 is 10.6 Å². The third-order valence-electron chi connectivity index (χ3n) is 3.15. The molecule has 1 atom stereocenters. The van der Waals surface area contributed by atoms with Gasteiger partial charge in [0.15, 0.2) is 0 Å². The lowest BCUT2D eigenvalue weighted by Crippen LogP contribution is -2.26. The van der Waals surface area contributed by atoms with E-state index >= 15 is 0 Å². The topological polar surface area (TPSA) is 29.3 Å². The van der Waals surface area contributed by atoms with E-state index in [9.17, 15) is 4.39 Å². The number of nitrogens with zero attached hydrogens (tertiary/aromatic N) is 1. The summed E-state index contributed by atoms with van der Waals surface area (Å²) in [6.45, 7) is 5.75. The van der Waals surface area contributed by atoms with Gasteiger partial charge in [0.2, 0.25) is 0 Å².